The highest BCUT2D eigenvalue weighted by atomic mass is 19.1. The van der Waals surface area contributed by atoms with Crippen LogP contribution in [0.5, 0.6) is 0 Å². The van der Waals surface area contributed by atoms with Gasteiger partial charge < -0.3 is 0 Å². The van der Waals surface area contributed by atoms with E-state index in [1.54, 1.807) is 54.6 Å². The SMILES string of the molecule is FCCc1ccc(-c2cc(F)c(-c3ccccc3)c(F)c2)cc1. The monoisotopic (exact) mass is 312 g/mol. The topological polar surface area (TPSA) is 0 Å². The summed E-state index contributed by atoms with van der Waals surface area (Å²) in [6.07, 6.45) is 0.343. The van der Waals surface area contributed by atoms with E-state index in [9.17, 15) is 13.2 Å². The number of hydrogen-bond acceptors (Lipinski definition) is 0. The van der Waals surface area contributed by atoms with E-state index >= 15 is 0 Å². The summed E-state index contributed by atoms with van der Waals surface area (Å²) in [6.45, 7) is -0.422. The lowest BCUT2D eigenvalue weighted by atomic mass is 9.98. The molecule has 3 aromatic carbocycles. The number of rotatable bonds is 4. The number of hydrogen-bond donors (Lipinski definition) is 0. The Labute approximate surface area is 133 Å². The van der Waals surface area contributed by atoms with Gasteiger partial charge in [-0.1, -0.05) is 54.6 Å². The average Bonchev–Trinajstić information content (AvgIpc) is 2.56. The molecule has 0 nitrogen and oxygen atoms in total. The molecule has 0 heterocycles. The van der Waals surface area contributed by atoms with Crippen LogP contribution < -0.4 is 0 Å². The zero-order valence-corrected chi connectivity index (χ0v) is 12.4. The molecule has 0 radical (unpaired) electrons. The van der Waals surface area contributed by atoms with Crippen molar-refractivity contribution >= 4 is 0 Å². The molecule has 0 aliphatic heterocycles. The van der Waals surface area contributed by atoms with Gasteiger partial charge >= 0.3 is 0 Å². The normalized spacial score (nSPS) is 10.7. The van der Waals surface area contributed by atoms with E-state index in [0.717, 1.165) is 5.56 Å². The molecular weight excluding hydrogens is 297 g/mol. The Morgan fingerprint density at radius 3 is 1.83 bits per heavy atom. The molecule has 0 bridgehead atoms. The molecule has 0 fully saturated rings. The molecule has 0 aromatic heterocycles. The van der Waals surface area contributed by atoms with Crippen LogP contribution >= 0.6 is 0 Å². The molecule has 3 rings (SSSR count). The van der Waals surface area contributed by atoms with Gasteiger partial charge in [0.2, 0.25) is 0 Å². The number of alkyl halides is 1. The summed E-state index contributed by atoms with van der Waals surface area (Å²) < 4.78 is 41.1. The second-order valence-electron chi connectivity index (χ2n) is 5.32. The van der Waals surface area contributed by atoms with Gasteiger partial charge in [0.05, 0.1) is 12.2 Å². The van der Waals surface area contributed by atoms with Gasteiger partial charge in [0.25, 0.3) is 0 Å². The molecule has 0 saturated carbocycles. The van der Waals surface area contributed by atoms with Gasteiger partial charge in [-0.3, -0.25) is 4.39 Å². The Hall–Kier alpha value is -2.55. The lowest BCUT2D eigenvalue weighted by Gasteiger charge is -2.09. The highest BCUT2D eigenvalue weighted by molar-refractivity contribution is 5.71. The quantitative estimate of drug-likeness (QED) is 0.570. The van der Waals surface area contributed by atoms with Gasteiger partial charge in [0.15, 0.2) is 0 Å². The van der Waals surface area contributed by atoms with Crippen molar-refractivity contribution in [2.45, 2.75) is 6.42 Å². The highest BCUT2D eigenvalue weighted by Gasteiger charge is 2.13. The summed E-state index contributed by atoms with van der Waals surface area (Å²) in [5.41, 5.74) is 2.50. The Morgan fingerprint density at radius 2 is 1.26 bits per heavy atom. The molecule has 0 aliphatic carbocycles. The molecule has 0 amide bonds. The summed E-state index contributed by atoms with van der Waals surface area (Å²) in [6, 6.07) is 18.3. The van der Waals surface area contributed by atoms with Gasteiger partial charge in [-0.25, -0.2) is 8.78 Å². The first-order chi connectivity index (χ1) is 11.2. The summed E-state index contributed by atoms with van der Waals surface area (Å²) in [5.74, 6) is -1.20. The van der Waals surface area contributed by atoms with Crippen LogP contribution in [0.4, 0.5) is 13.2 Å². The molecule has 0 saturated heterocycles. The van der Waals surface area contributed by atoms with E-state index in [2.05, 4.69) is 0 Å². The van der Waals surface area contributed by atoms with Crippen molar-refractivity contribution in [1.82, 2.24) is 0 Å². The molecule has 0 N–H and O–H groups in total. The summed E-state index contributed by atoms with van der Waals surface area (Å²) in [7, 11) is 0. The van der Waals surface area contributed by atoms with Crippen LogP contribution in [0.3, 0.4) is 0 Å². The van der Waals surface area contributed by atoms with Gasteiger partial charge in [-0.15, -0.1) is 0 Å². The fourth-order valence-corrected chi connectivity index (χ4v) is 2.59. The van der Waals surface area contributed by atoms with Crippen molar-refractivity contribution in [3.63, 3.8) is 0 Å². The van der Waals surface area contributed by atoms with Crippen LogP contribution in [0.2, 0.25) is 0 Å². The maximum absolute atomic E-state index is 14.4. The summed E-state index contributed by atoms with van der Waals surface area (Å²) in [4.78, 5) is 0. The van der Waals surface area contributed by atoms with Crippen LogP contribution in [-0.2, 0) is 6.42 Å². The number of benzene rings is 3. The predicted octanol–water partition coefficient (Wildman–Crippen LogP) is 5.81. The van der Waals surface area contributed by atoms with E-state index < -0.39 is 18.3 Å². The molecular formula is C20H15F3. The largest absolute Gasteiger partial charge is 0.251 e. The van der Waals surface area contributed by atoms with Crippen molar-refractivity contribution in [3.05, 3.63) is 83.9 Å². The Kier molecular flexibility index (Phi) is 4.47. The van der Waals surface area contributed by atoms with Crippen LogP contribution in [0.1, 0.15) is 5.56 Å². The van der Waals surface area contributed by atoms with Crippen LogP contribution in [0.15, 0.2) is 66.7 Å². The first-order valence-corrected chi connectivity index (χ1v) is 7.39. The minimum Gasteiger partial charge on any atom is -0.251 e. The highest BCUT2D eigenvalue weighted by Crippen LogP contribution is 2.31. The third-order valence-corrected chi connectivity index (χ3v) is 3.78. The number of halogens is 3. The zero-order chi connectivity index (χ0) is 16.2. The first-order valence-electron chi connectivity index (χ1n) is 7.39. The fourth-order valence-electron chi connectivity index (χ4n) is 2.59. The summed E-state index contributed by atoms with van der Waals surface area (Å²) in [5, 5.41) is 0. The first kappa shape index (κ1) is 15.3. The van der Waals surface area contributed by atoms with Crippen molar-refractivity contribution in [2.75, 3.05) is 6.67 Å². The molecule has 3 heteroatoms. The van der Waals surface area contributed by atoms with Crippen LogP contribution in [0, 0.1) is 11.6 Å². The van der Waals surface area contributed by atoms with E-state index in [1.807, 2.05) is 0 Å². The van der Waals surface area contributed by atoms with Crippen molar-refractivity contribution in [1.29, 1.82) is 0 Å². The Balaban J connectivity index is 1.99. The Bertz CT molecular complexity index is 770. The average molecular weight is 312 g/mol. The van der Waals surface area contributed by atoms with E-state index in [-0.39, 0.29) is 5.56 Å². The van der Waals surface area contributed by atoms with E-state index in [4.69, 9.17) is 0 Å². The molecule has 23 heavy (non-hydrogen) atoms. The van der Waals surface area contributed by atoms with Gasteiger partial charge in [-0.05, 0) is 34.4 Å². The summed E-state index contributed by atoms with van der Waals surface area (Å²) >= 11 is 0. The van der Waals surface area contributed by atoms with E-state index in [0.29, 0.717) is 23.1 Å². The molecule has 0 atom stereocenters. The zero-order valence-electron chi connectivity index (χ0n) is 12.4. The van der Waals surface area contributed by atoms with Crippen molar-refractivity contribution in [3.8, 4) is 22.3 Å². The number of aryl methyl sites for hydroxylation is 1. The van der Waals surface area contributed by atoms with Gasteiger partial charge in [0.1, 0.15) is 11.6 Å². The predicted molar refractivity (Wildman–Crippen MR) is 86.9 cm³/mol. The lowest BCUT2D eigenvalue weighted by molar-refractivity contribution is 0.495. The van der Waals surface area contributed by atoms with Crippen LogP contribution in [-0.4, -0.2) is 6.67 Å². The third-order valence-electron chi connectivity index (χ3n) is 3.78. The van der Waals surface area contributed by atoms with Crippen molar-refractivity contribution in [2.24, 2.45) is 0 Å². The third kappa shape index (κ3) is 3.29. The second kappa shape index (κ2) is 6.69. The minimum atomic E-state index is -0.598. The Morgan fingerprint density at radius 1 is 0.652 bits per heavy atom. The lowest BCUT2D eigenvalue weighted by Crippen LogP contribution is -1.93. The fraction of sp³-hybridized carbons (Fsp3) is 0.100. The maximum Gasteiger partial charge on any atom is 0.134 e. The second-order valence-corrected chi connectivity index (χ2v) is 5.32. The van der Waals surface area contributed by atoms with E-state index in [1.165, 1.54) is 12.1 Å². The maximum atomic E-state index is 14.4. The molecule has 116 valence electrons. The standard InChI is InChI=1S/C20H15F3/c21-11-10-14-6-8-15(9-7-14)17-12-18(22)20(19(23)13-17)16-4-2-1-3-5-16/h1-9,12-13H,10-11H2. The van der Waals surface area contributed by atoms with Gasteiger partial charge in [-0.2, -0.15) is 0 Å². The van der Waals surface area contributed by atoms with Gasteiger partial charge in [0, 0.05) is 6.42 Å². The minimum absolute atomic E-state index is 0.0246. The molecule has 0 spiro atoms. The molecule has 3 aromatic rings. The molecule has 0 unspecified atom stereocenters. The smallest absolute Gasteiger partial charge is 0.134 e. The van der Waals surface area contributed by atoms with Crippen LogP contribution in [0.25, 0.3) is 22.3 Å². The van der Waals surface area contributed by atoms with Crippen molar-refractivity contribution < 1.29 is 13.2 Å². The molecule has 0 aliphatic rings.